The normalized spacial score (nSPS) is 12.0. The van der Waals surface area contributed by atoms with Gasteiger partial charge in [-0.2, -0.15) is 13.2 Å². The van der Waals surface area contributed by atoms with Gasteiger partial charge in [-0.1, -0.05) is 0 Å². The number of aromatic nitrogens is 1. The minimum absolute atomic E-state index is 0.0461. The Hall–Kier alpha value is -3.56. The van der Waals surface area contributed by atoms with Gasteiger partial charge in [0.15, 0.2) is 11.4 Å². The van der Waals surface area contributed by atoms with E-state index in [2.05, 4.69) is 4.98 Å². The number of carboxylic acids is 1. The number of carboxylic acid groups (broad SMARTS) is 1. The third-order valence-corrected chi connectivity index (χ3v) is 4.70. The number of alkyl halides is 3. The molecular weight excluding hydrogens is 446 g/mol. The van der Waals surface area contributed by atoms with Gasteiger partial charge >= 0.3 is 12.1 Å². The lowest BCUT2D eigenvalue weighted by Crippen LogP contribution is -2.37. The maximum Gasteiger partial charge on any atom is 0.419 e. The van der Waals surface area contributed by atoms with Gasteiger partial charge in [0, 0.05) is 11.6 Å². The molecule has 0 fully saturated rings. The van der Waals surface area contributed by atoms with Crippen molar-refractivity contribution in [3.63, 3.8) is 0 Å². The highest BCUT2D eigenvalue weighted by atomic mass is 19.4. The molecule has 0 atom stereocenters. The van der Waals surface area contributed by atoms with E-state index in [1.165, 1.54) is 19.9 Å². The quantitative estimate of drug-likeness (QED) is 0.433. The van der Waals surface area contributed by atoms with Crippen molar-refractivity contribution in [2.45, 2.75) is 46.1 Å². The number of hydrogen-bond acceptors (Lipinski definition) is 5. The van der Waals surface area contributed by atoms with Crippen LogP contribution < -0.4 is 9.47 Å². The van der Waals surface area contributed by atoms with Crippen molar-refractivity contribution in [2.75, 3.05) is 0 Å². The first-order valence-electron chi connectivity index (χ1n) is 9.76. The summed E-state index contributed by atoms with van der Waals surface area (Å²) in [7, 11) is 0. The summed E-state index contributed by atoms with van der Waals surface area (Å²) in [6, 6.07) is 7.32. The molecule has 0 aliphatic heterocycles. The zero-order valence-corrected chi connectivity index (χ0v) is 18.2. The fourth-order valence-electron chi connectivity index (χ4n) is 2.91. The Balaban J connectivity index is 1.78. The van der Waals surface area contributed by atoms with E-state index in [0.717, 1.165) is 11.6 Å². The van der Waals surface area contributed by atoms with Crippen molar-refractivity contribution >= 4 is 5.97 Å². The number of rotatable bonds is 7. The lowest BCUT2D eigenvalue weighted by molar-refractivity contribution is -0.152. The van der Waals surface area contributed by atoms with Gasteiger partial charge in [-0.15, -0.1) is 0 Å². The maximum absolute atomic E-state index is 13.9. The molecule has 0 spiro atoms. The monoisotopic (exact) mass is 467 g/mol. The van der Waals surface area contributed by atoms with E-state index < -0.39 is 29.1 Å². The van der Waals surface area contributed by atoms with E-state index in [0.29, 0.717) is 35.1 Å². The van der Waals surface area contributed by atoms with Crippen molar-refractivity contribution in [3.05, 3.63) is 64.8 Å². The number of nitrogens with zero attached hydrogens (tertiary/aromatic N) is 1. The predicted molar refractivity (Wildman–Crippen MR) is 109 cm³/mol. The number of aryl methyl sites for hydroxylation is 2. The van der Waals surface area contributed by atoms with Gasteiger partial charge in [0.25, 0.3) is 0 Å². The van der Waals surface area contributed by atoms with Gasteiger partial charge in [0.05, 0.1) is 11.3 Å². The van der Waals surface area contributed by atoms with Crippen molar-refractivity contribution in [1.82, 2.24) is 4.98 Å². The molecule has 1 aromatic heterocycles. The summed E-state index contributed by atoms with van der Waals surface area (Å²) in [6.07, 6.45) is -4.80. The highest BCUT2D eigenvalue weighted by Crippen LogP contribution is 2.34. The van der Waals surface area contributed by atoms with Crippen LogP contribution >= 0.6 is 0 Å². The van der Waals surface area contributed by atoms with E-state index in [1.807, 2.05) is 0 Å². The van der Waals surface area contributed by atoms with E-state index >= 15 is 0 Å². The highest BCUT2D eigenvalue weighted by molar-refractivity contribution is 5.76. The first-order valence-corrected chi connectivity index (χ1v) is 9.76. The smallest absolute Gasteiger partial charge is 0.419 e. The largest absolute Gasteiger partial charge is 0.485 e. The second-order valence-corrected chi connectivity index (χ2v) is 7.91. The van der Waals surface area contributed by atoms with Crippen molar-refractivity contribution in [2.24, 2.45) is 0 Å². The Bertz CT molecular complexity index is 1180. The molecule has 0 unspecified atom stereocenters. The fraction of sp³-hybridized carbons (Fsp3) is 0.304. The van der Waals surface area contributed by atoms with Crippen LogP contribution in [0, 0.1) is 19.7 Å². The fourth-order valence-corrected chi connectivity index (χ4v) is 2.91. The number of halogens is 4. The lowest BCUT2D eigenvalue weighted by atomic mass is 10.1. The molecule has 3 rings (SSSR count). The molecule has 3 aromatic rings. The molecule has 0 radical (unpaired) electrons. The molecule has 0 saturated carbocycles. The molecule has 0 saturated heterocycles. The number of aliphatic carboxylic acids is 1. The number of carbonyl (C=O) groups is 1. The van der Waals surface area contributed by atoms with Crippen LogP contribution in [0.5, 0.6) is 11.5 Å². The van der Waals surface area contributed by atoms with Crippen LogP contribution in [0.25, 0.3) is 11.5 Å². The first-order chi connectivity index (χ1) is 15.3. The molecule has 0 amide bonds. The van der Waals surface area contributed by atoms with Crippen LogP contribution in [0.15, 0.2) is 40.8 Å². The molecule has 2 aromatic carbocycles. The zero-order valence-electron chi connectivity index (χ0n) is 18.2. The third-order valence-electron chi connectivity index (χ3n) is 4.70. The van der Waals surface area contributed by atoms with Gasteiger partial charge < -0.3 is 19.0 Å². The average Bonchev–Trinajstić information content (AvgIpc) is 3.05. The number of benzene rings is 2. The van der Waals surface area contributed by atoms with Crippen LogP contribution in [0.1, 0.15) is 36.4 Å². The molecule has 176 valence electrons. The predicted octanol–water partition coefficient (Wildman–Crippen LogP) is 5.94. The third kappa shape index (κ3) is 5.63. The number of oxazole rings is 1. The molecule has 10 heteroatoms. The minimum atomic E-state index is -4.80. The van der Waals surface area contributed by atoms with E-state index in [9.17, 15) is 27.5 Å². The topological polar surface area (TPSA) is 81.8 Å². The maximum atomic E-state index is 13.9. The summed E-state index contributed by atoms with van der Waals surface area (Å²) in [5, 5.41) is 9.24. The second kappa shape index (κ2) is 8.76. The Labute approximate surface area is 186 Å². The highest BCUT2D eigenvalue weighted by Gasteiger charge is 2.34. The molecule has 0 aliphatic rings. The summed E-state index contributed by atoms with van der Waals surface area (Å²) < 4.78 is 69.0. The van der Waals surface area contributed by atoms with E-state index in [4.69, 9.17) is 13.9 Å². The van der Waals surface area contributed by atoms with Crippen LogP contribution in [0.4, 0.5) is 17.6 Å². The summed E-state index contributed by atoms with van der Waals surface area (Å²) in [6.45, 7) is 6.16. The van der Waals surface area contributed by atoms with Crippen LogP contribution in [0.2, 0.25) is 0 Å². The summed E-state index contributed by atoms with van der Waals surface area (Å²) in [5.41, 5.74) is -1.59. The molecule has 0 bridgehead atoms. The van der Waals surface area contributed by atoms with Crippen LogP contribution in [-0.4, -0.2) is 21.7 Å². The zero-order chi connectivity index (χ0) is 24.6. The van der Waals surface area contributed by atoms with E-state index in [1.54, 1.807) is 26.0 Å². The Morgan fingerprint density at radius 3 is 2.36 bits per heavy atom. The summed E-state index contributed by atoms with van der Waals surface area (Å²) >= 11 is 0. The molecule has 1 N–H and O–H groups in total. The van der Waals surface area contributed by atoms with Crippen LogP contribution in [0.3, 0.4) is 0 Å². The molecule has 0 aliphatic carbocycles. The summed E-state index contributed by atoms with van der Waals surface area (Å²) in [4.78, 5) is 15.4. The number of hydrogen-bond donors (Lipinski definition) is 1. The lowest BCUT2D eigenvalue weighted by Gasteiger charge is -2.22. The van der Waals surface area contributed by atoms with Gasteiger partial charge in [0.2, 0.25) is 5.89 Å². The Morgan fingerprint density at radius 2 is 1.76 bits per heavy atom. The van der Waals surface area contributed by atoms with Gasteiger partial charge in [-0.25, -0.2) is 14.2 Å². The average molecular weight is 467 g/mol. The first kappa shape index (κ1) is 24.1. The van der Waals surface area contributed by atoms with Crippen LogP contribution in [-0.2, 0) is 17.6 Å². The van der Waals surface area contributed by atoms with Crippen molar-refractivity contribution < 1.29 is 41.4 Å². The molecule has 6 nitrogen and oxygen atoms in total. The molecule has 1 heterocycles. The van der Waals surface area contributed by atoms with Crippen molar-refractivity contribution in [3.8, 4) is 23.0 Å². The minimum Gasteiger partial charge on any atom is -0.485 e. The van der Waals surface area contributed by atoms with E-state index in [-0.39, 0.29) is 18.1 Å². The van der Waals surface area contributed by atoms with Gasteiger partial charge in [-0.05, 0) is 63.6 Å². The Morgan fingerprint density at radius 1 is 1.09 bits per heavy atom. The van der Waals surface area contributed by atoms with Crippen molar-refractivity contribution in [1.29, 1.82) is 0 Å². The number of ether oxygens (including phenoxy) is 2. The second-order valence-electron chi connectivity index (χ2n) is 7.91. The molecular formula is C23H21F4NO5. The standard InChI is InChI=1S/C23H21F4NO5/c1-12-7-15(10-16(8-12)33-22(3,4)21(29)30)31-11-19-13(2)28-20(32-19)14-5-6-17(18(24)9-14)23(25,26)27/h5-10H,11H2,1-4H3,(H,29,30). The SMILES string of the molecule is Cc1cc(OCc2oc(-c3ccc(C(F)(F)F)c(F)c3)nc2C)cc(OC(C)(C)C(=O)O)c1. The van der Waals surface area contributed by atoms with Gasteiger partial charge in [0.1, 0.15) is 23.9 Å². The Kier molecular flexibility index (Phi) is 6.40. The molecule has 33 heavy (non-hydrogen) atoms. The van der Waals surface area contributed by atoms with Gasteiger partial charge in [-0.3, -0.25) is 0 Å². The summed E-state index contributed by atoms with van der Waals surface area (Å²) in [5.74, 6) is -1.63.